The molecule has 9 heteroatoms. The summed E-state index contributed by atoms with van der Waals surface area (Å²) < 4.78 is 38.1. The Labute approximate surface area is 123 Å². The molecule has 21 heavy (non-hydrogen) atoms. The van der Waals surface area contributed by atoms with E-state index in [0.717, 1.165) is 0 Å². The summed E-state index contributed by atoms with van der Waals surface area (Å²) in [5.74, 6) is -2.21. The topological polar surface area (TPSA) is 78.4 Å². The van der Waals surface area contributed by atoms with Gasteiger partial charge in [-0.1, -0.05) is 29.8 Å². The van der Waals surface area contributed by atoms with E-state index in [1.54, 1.807) is 24.3 Å². The van der Waals surface area contributed by atoms with Gasteiger partial charge in [0, 0.05) is 11.6 Å². The first-order chi connectivity index (χ1) is 9.58. The van der Waals surface area contributed by atoms with Crippen LogP contribution in [0, 0.1) is 0 Å². The van der Waals surface area contributed by atoms with Gasteiger partial charge in [0.05, 0.1) is 0 Å². The Bertz CT molecular complexity index is 551. The fourth-order valence-electron chi connectivity index (χ4n) is 1.33. The number of nitrogens with one attached hydrogen (secondary N) is 2. The van der Waals surface area contributed by atoms with Crippen LogP contribution in [-0.4, -0.2) is 28.8 Å². The van der Waals surface area contributed by atoms with Gasteiger partial charge in [-0.05, 0) is 18.6 Å². The second-order valence-corrected chi connectivity index (χ2v) is 4.73. The van der Waals surface area contributed by atoms with Crippen LogP contribution in [0.3, 0.4) is 0 Å². The van der Waals surface area contributed by atoms with E-state index in [1.165, 1.54) is 5.32 Å². The maximum atomic E-state index is 12.7. The number of urea groups is 1. The monoisotopic (exact) mass is 324 g/mol. The van der Waals surface area contributed by atoms with E-state index in [4.69, 9.17) is 16.7 Å². The standard InChI is InChI=1S/C12H12ClF3N2O3/c1-11(9(19)20,12(14,15)16)18-10(21)17-6-7-4-2-3-5-8(7)13/h2-5H,6H2,1H3,(H,19,20)(H2,17,18,21). The molecule has 0 heterocycles. The van der Waals surface area contributed by atoms with Crippen LogP contribution in [0.25, 0.3) is 0 Å². The summed E-state index contributed by atoms with van der Waals surface area (Å²) in [4.78, 5) is 22.2. The molecule has 1 aromatic carbocycles. The second-order valence-electron chi connectivity index (χ2n) is 4.33. The van der Waals surface area contributed by atoms with Crippen LogP contribution in [0.15, 0.2) is 24.3 Å². The number of carbonyl (C=O) groups excluding carboxylic acids is 1. The molecule has 0 spiro atoms. The molecule has 0 bridgehead atoms. The lowest BCUT2D eigenvalue weighted by Crippen LogP contribution is -2.63. The summed E-state index contributed by atoms with van der Waals surface area (Å²) in [6, 6.07) is 5.14. The largest absolute Gasteiger partial charge is 0.479 e. The Morgan fingerprint density at radius 3 is 2.33 bits per heavy atom. The fourth-order valence-corrected chi connectivity index (χ4v) is 1.54. The number of hydrogen-bond donors (Lipinski definition) is 3. The zero-order chi connectivity index (χ0) is 16.3. The van der Waals surface area contributed by atoms with Crippen LogP contribution in [0.1, 0.15) is 12.5 Å². The third-order valence-electron chi connectivity index (χ3n) is 2.76. The minimum absolute atomic E-state index is 0.140. The molecule has 0 aliphatic heterocycles. The molecule has 5 nitrogen and oxygen atoms in total. The van der Waals surface area contributed by atoms with Gasteiger partial charge in [0.1, 0.15) is 0 Å². The van der Waals surface area contributed by atoms with E-state index in [9.17, 15) is 22.8 Å². The van der Waals surface area contributed by atoms with Crippen LogP contribution in [0.5, 0.6) is 0 Å². The maximum Gasteiger partial charge on any atom is 0.422 e. The highest BCUT2D eigenvalue weighted by Gasteiger charge is 2.58. The lowest BCUT2D eigenvalue weighted by atomic mass is 10.0. The predicted molar refractivity (Wildman–Crippen MR) is 68.9 cm³/mol. The number of alkyl halides is 3. The highest BCUT2D eigenvalue weighted by molar-refractivity contribution is 6.31. The highest BCUT2D eigenvalue weighted by atomic mass is 35.5. The van der Waals surface area contributed by atoms with Gasteiger partial charge < -0.3 is 15.7 Å². The second kappa shape index (κ2) is 6.21. The number of hydrogen-bond acceptors (Lipinski definition) is 2. The zero-order valence-electron chi connectivity index (χ0n) is 10.8. The summed E-state index contributed by atoms with van der Waals surface area (Å²) in [5.41, 5.74) is -2.89. The van der Waals surface area contributed by atoms with Crippen molar-refractivity contribution >= 4 is 23.6 Å². The molecule has 1 rings (SSSR count). The minimum Gasteiger partial charge on any atom is -0.479 e. The summed E-state index contributed by atoms with van der Waals surface area (Å²) >= 11 is 5.82. The zero-order valence-corrected chi connectivity index (χ0v) is 11.5. The van der Waals surface area contributed by atoms with E-state index >= 15 is 0 Å². The number of rotatable bonds is 4. The first kappa shape index (κ1) is 17.1. The average molecular weight is 325 g/mol. The van der Waals surface area contributed by atoms with Crippen LogP contribution in [0.2, 0.25) is 5.02 Å². The summed E-state index contributed by atoms with van der Waals surface area (Å²) in [6.07, 6.45) is -5.14. The molecule has 0 aromatic heterocycles. The van der Waals surface area contributed by atoms with Crippen molar-refractivity contribution in [1.82, 2.24) is 10.6 Å². The molecule has 3 N–H and O–H groups in total. The van der Waals surface area contributed by atoms with Crippen molar-refractivity contribution < 1.29 is 27.9 Å². The Morgan fingerprint density at radius 1 is 1.29 bits per heavy atom. The van der Waals surface area contributed by atoms with Crippen molar-refractivity contribution in [1.29, 1.82) is 0 Å². The number of benzene rings is 1. The quantitative estimate of drug-likeness (QED) is 0.796. The van der Waals surface area contributed by atoms with Gasteiger partial charge in [-0.25, -0.2) is 9.59 Å². The van der Waals surface area contributed by atoms with Gasteiger partial charge in [-0.3, -0.25) is 0 Å². The molecule has 116 valence electrons. The smallest absolute Gasteiger partial charge is 0.422 e. The molecule has 0 aliphatic carbocycles. The van der Waals surface area contributed by atoms with Gasteiger partial charge in [-0.2, -0.15) is 13.2 Å². The van der Waals surface area contributed by atoms with Gasteiger partial charge in [0.25, 0.3) is 0 Å². The number of amides is 2. The summed E-state index contributed by atoms with van der Waals surface area (Å²) in [6.45, 7) is 0.226. The Balaban J connectivity index is 2.73. The minimum atomic E-state index is -5.14. The molecular formula is C12H12ClF3N2O3. The molecule has 0 saturated heterocycles. The molecule has 2 amide bonds. The molecule has 0 fully saturated rings. The summed E-state index contributed by atoms with van der Waals surface area (Å²) in [7, 11) is 0. The fraction of sp³-hybridized carbons (Fsp3) is 0.333. The predicted octanol–water partition coefficient (Wildman–Crippen LogP) is 2.54. The van der Waals surface area contributed by atoms with Crippen molar-refractivity contribution in [3.8, 4) is 0 Å². The van der Waals surface area contributed by atoms with Crippen molar-refractivity contribution in [3.05, 3.63) is 34.9 Å². The molecule has 1 atom stereocenters. The summed E-state index contributed by atoms with van der Waals surface area (Å²) in [5, 5.41) is 12.5. The van der Waals surface area contributed by atoms with Gasteiger partial charge in [-0.15, -0.1) is 0 Å². The van der Waals surface area contributed by atoms with Crippen molar-refractivity contribution in [2.75, 3.05) is 0 Å². The Kier molecular flexibility index (Phi) is 5.06. The lowest BCUT2D eigenvalue weighted by molar-refractivity contribution is -0.203. The van der Waals surface area contributed by atoms with Crippen molar-refractivity contribution in [2.45, 2.75) is 25.2 Å². The normalized spacial score (nSPS) is 14.1. The average Bonchev–Trinajstić information content (AvgIpc) is 2.36. The number of halogens is 4. The van der Waals surface area contributed by atoms with Crippen LogP contribution in [0.4, 0.5) is 18.0 Å². The van der Waals surface area contributed by atoms with Crippen molar-refractivity contribution in [3.63, 3.8) is 0 Å². The molecule has 0 saturated carbocycles. The number of carboxylic acid groups (broad SMARTS) is 1. The van der Waals surface area contributed by atoms with Gasteiger partial charge in [0.15, 0.2) is 0 Å². The van der Waals surface area contributed by atoms with Crippen LogP contribution >= 0.6 is 11.6 Å². The number of aliphatic carboxylic acids is 1. The first-order valence-corrected chi connectivity index (χ1v) is 6.05. The molecule has 1 aromatic rings. The van der Waals surface area contributed by atoms with Crippen molar-refractivity contribution in [2.24, 2.45) is 0 Å². The van der Waals surface area contributed by atoms with Crippen LogP contribution < -0.4 is 10.6 Å². The van der Waals surface area contributed by atoms with Crippen LogP contribution in [-0.2, 0) is 11.3 Å². The third kappa shape index (κ3) is 4.01. The van der Waals surface area contributed by atoms with E-state index in [0.29, 0.717) is 17.5 Å². The molecular weight excluding hydrogens is 313 g/mol. The molecule has 1 unspecified atom stereocenters. The molecule has 0 radical (unpaired) electrons. The lowest BCUT2D eigenvalue weighted by Gasteiger charge is -2.28. The van der Waals surface area contributed by atoms with E-state index in [2.05, 4.69) is 5.32 Å². The first-order valence-electron chi connectivity index (χ1n) is 5.67. The van der Waals surface area contributed by atoms with Gasteiger partial charge >= 0.3 is 18.2 Å². The van der Waals surface area contributed by atoms with Gasteiger partial charge in [0.2, 0.25) is 5.54 Å². The third-order valence-corrected chi connectivity index (χ3v) is 3.12. The SMILES string of the molecule is CC(NC(=O)NCc1ccccc1Cl)(C(=O)O)C(F)(F)F. The van der Waals surface area contributed by atoms with E-state index in [1.807, 2.05) is 0 Å². The Hall–Kier alpha value is -1.96. The molecule has 0 aliphatic rings. The van der Waals surface area contributed by atoms with E-state index < -0.39 is 23.7 Å². The number of carbonyl (C=O) groups is 2. The Morgan fingerprint density at radius 2 is 1.86 bits per heavy atom. The number of carboxylic acids is 1. The maximum absolute atomic E-state index is 12.7. The highest BCUT2D eigenvalue weighted by Crippen LogP contribution is 2.30. The van der Waals surface area contributed by atoms with E-state index in [-0.39, 0.29) is 6.54 Å².